The van der Waals surface area contributed by atoms with Gasteiger partial charge < -0.3 is 15.1 Å². The van der Waals surface area contributed by atoms with Crippen LogP contribution >= 0.6 is 0 Å². The van der Waals surface area contributed by atoms with Gasteiger partial charge in [0.1, 0.15) is 0 Å². The van der Waals surface area contributed by atoms with Crippen molar-refractivity contribution in [2.75, 3.05) is 40.3 Å². The van der Waals surface area contributed by atoms with Gasteiger partial charge >= 0.3 is 0 Å². The second-order valence-electron chi connectivity index (χ2n) is 5.95. The summed E-state index contributed by atoms with van der Waals surface area (Å²) in [7, 11) is 3.60. The van der Waals surface area contributed by atoms with Gasteiger partial charge in [-0.3, -0.25) is 9.59 Å². The van der Waals surface area contributed by atoms with Gasteiger partial charge in [0.05, 0.1) is 0 Å². The van der Waals surface area contributed by atoms with E-state index in [1.54, 1.807) is 19.0 Å². The van der Waals surface area contributed by atoms with Crippen molar-refractivity contribution in [2.24, 2.45) is 11.8 Å². The molecule has 0 bridgehead atoms. The Labute approximate surface area is 115 Å². The highest BCUT2D eigenvalue weighted by molar-refractivity contribution is 5.80. The lowest BCUT2D eigenvalue weighted by molar-refractivity contribution is -0.139. The summed E-state index contributed by atoms with van der Waals surface area (Å²) in [6, 6.07) is 0. The van der Waals surface area contributed by atoms with Crippen molar-refractivity contribution in [3.8, 4) is 0 Å². The van der Waals surface area contributed by atoms with Crippen LogP contribution in [0.1, 0.15) is 25.7 Å². The molecule has 0 aromatic carbocycles. The number of hydrogen-bond donors (Lipinski definition) is 1. The molecule has 2 fully saturated rings. The quantitative estimate of drug-likeness (QED) is 0.801. The van der Waals surface area contributed by atoms with Crippen molar-refractivity contribution < 1.29 is 9.59 Å². The Morgan fingerprint density at radius 1 is 1.21 bits per heavy atom. The van der Waals surface area contributed by atoms with Crippen molar-refractivity contribution in [3.05, 3.63) is 0 Å². The molecular formula is C14H25N3O2. The molecule has 19 heavy (non-hydrogen) atoms. The summed E-state index contributed by atoms with van der Waals surface area (Å²) >= 11 is 0. The molecule has 2 amide bonds. The second kappa shape index (κ2) is 6.37. The minimum atomic E-state index is 0.104. The van der Waals surface area contributed by atoms with E-state index in [1.165, 1.54) is 0 Å². The van der Waals surface area contributed by atoms with Crippen LogP contribution in [0.15, 0.2) is 0 Å². The molecule has 2 saturated heterocycles. The fourth-order valence-corrected chi connectivity index (χ4v) is 3.01. The minimum absolute atomic E-state index is 0.104. The third kappa shape index (κ3) is 3.69. The first-order valence-electron chi connectivity index (χ1n) is 7.27. The molecule has 2 heterocycles. The Bertz CT molecular complexity index is 330. The standard InChI is InChI=1S/C14H25N3O2/c1-16(2)14(19)12-4-7-17(8-5-12)13(18)9-11-3-6-15-10-11/h11-12,15H,3-10H2,1-2H3. The van der Waals surface area contributed by atoms with Gasteiger partial charge in [0.2, 0.25) is 11.8 Å². The lowest BCUT2D eigenvalue weighted by Gasteiger charge is -2.33. The lowest BCUT2D eigenvalue weighted by Crippen LogP contribution is -2.43. The average molecular weight is 267 g/mol. The number of nitrogens with zero attached hydrogens (tertiary/aromatic N) is 2. The van der Waals surface area contributed by atoms with Gasteiger partial charge in [-0.2, -0.15) is 0 Å². The van der Waals surface area contributed by atoms with Gasteiger partial charge in [-0.1, -0.05) is 0 Å². The van der Waals surface area contributed by atoms with E-state index in [2.05, 4.69) is 5.32 Å². The van der Waals surface area contributed by atoms with Crippen molar-refractivity contribution in [1.82, 2.24) is 15.1 Å². The Morgan fingerprint density at radius 2 is 1.89 bits per heavy atom. The van der Waals surface area contributed by atoms with Crippen LogP contribution < -0.4 is 5.32 Å². The zero-order valence-electron chi connectivity index (χ0n) is 12.0. The summed E-state index contributed by atoms with van der Waals surface area (Å²) in [5.41, 5.74) is 0. The average Bonchev–Trinajstić information content (AvgIpc) is 2.90. The number of carbonyl (C=O) groups excluding carboxylic acids is 2. The number of carbonyl (C=O) groups is 2. The van der Waals surface area contributed by atoms with Crippen LogP contribution in [0, 0.1) is 11.8 Å². The van der Waals surface area contributed by atoms with Gasteiger partial charge in [0, 0.05) is 39.5 Å². The molecule has 0 aromatic rings. The van der Waals surface area contributed by atoms with Crippen LogP contribution in [0.2, 0.25) is 0 Å². The molecule has 0 aliphatic carbocycles. The van der Waals surface area contributed by atoms with Gasteiger partial charge in [-0.05, 0) is 38.3 Å². The van der Waals surface area contributed by atoms with Crippen molar-refractivity contribution >= 4 is 11.8 Å². The summed E-state index contributed by atoms with van der Waals surface area (Å²) in [6.07, 6.45) is 3.40. The molecular weight excluding hydrogens is 242 g/mol. The first-order chi connectivity index (χ1) is 9.08. The smallest absolute Gasteiger partial charge is 0.225 e. The van der Waals surface area contributed by atoms with Crippen LogP contribution in [0.5, 0.6) is 0 Å². The first-order valence-corrected chi connectivity index (χ1v) is 7.27. The van der Waals surface area contributed by atoms with Crippen molar-refractivity contribution in [2.45, 2.75) is 25.7 Å². The summed E-state index contributed by atoms with van der Waals surface area (Å²) in [6.45, 7) is 3.49. The highest BCUT2D eigenvalue weighted by Crippen LogP contribution is 2.21. The number of hydrogen-bond acceptors (Lipinski definition) is 3. The van der Waals surface area contributed by atoms with E-state index in [1.807, 2.05) is 4.90 Å². The molecule has 5 nitrogen and oxygen atoms in total. The molecule has 2 rings (SSSR count). The first kappa shape index (κ1) is 14.3. The summed E-state index contributed by atoms with van der Waals surface area (Å²) in [5.74, 6) is 1.08. The van der Waals surface area contributed by atoms with Crippen LogP contribution in [0.4, 0.5) is 0 Å². The summed E-state index contributed by atoms with van der Waals surface area (Å²) in [5, 5.41) is 3.29. The van der Waals surface area contributed by atoms with E-state index in [0.717, 1.165) is 45.4 Å². The summed E-state index contributed by atoms with van der Waals surface area (Å²) < 4.78 is 0. The van der Waals surface area contributed by atoms with Gasteiger partial charge in [-0.25, -0.2) is 0 Å². The molecule has 0 spiro atoms. The molecule has 0 aromatic heterocycles. The Kier molecular flexibility index (Phi) is 4.80. The molecule has 0 radical (unpaired) electrons. The fraction of sp³-hybridized carbons (Fsp3) is 0.857. The Hall–Kier alpha value is -1.10. The number of amides is 2. The van der Waals surface area contributed by atoms with E-state index in [-0.39, 0.29) is 17.7 Å². The Morgan fingerprint density at radius 3 is 2.42 bits per heavy atom. The fourth-order valence-electron chi connectivity index (χ4n) is 3.01. The maximum atomic E-state index is 12.2. The number of likely N-dealkylation sites (tertiary alicyclic amines) is 1. The largest absolute Gasteiger partial charge is 0.349 e. The van der Waals surface area contributed by atoms with Crippen LogP contribution in [-0.2, 0) is 9.59 Å². The third-order valence-electron chi connectivity index (χ3n) is 4.26. The van der Waals surface area contributed by atoms with Crippen LogP contribution in [0.25, 0.3) is 0 Å². The predicted octanol–water partition coefficient (Wildman–Crippen LogP) is 0.313. The molecule has 5 heteroatoms. The van der Waals surface area contributed by atoms with Gasteiger partial charge in [0.15, 0.2) is 0 Å². The monoisotopic (exact) mass is 267 g/mol. The van der Waals surface area contributed by atoms with Crippen molar-refractivity contribution in [1.29, 1.82) is 0 Å². The SMILES string of the molecule is CN(C)C(=O)C1CCN(C(=O)CC2CCNC2)CC1. The van der Waals surface area contributed by atoms with Crippen molar-refractivity contribution in [3.63, 3.8) is 0 Å². The number of rotatable bonds is 3. The molecule has 2 aliphatic heterocycles. The summed E-state index contributed by atoms with van der Waals surface area (Å²) in [4.78, 5) is 27.6. The van der Waals surface area contributed by atoms with E-state index in [0.29, 0.717) is 12.3 Å². The third-order valence-corrected chi connectivity index (χ3v) is 4.26. The lowest BCUT2D eigenvalue weighted by atomic mass is 9.94. The maximum Gasteiger partial charge on any atom is 0.225 e. The van der Waals surface area contributed by atoms with E-state index >= 15 is 0 Å². The van der Waals surface area contributed by atoms with E-state index in [4.69, 9.17) is 0 Å². The van der Waals surface area contributed by atoms with E-state index < -0.39 is 0 Å². The Balaban J connectivity index is 1.76. The topological polar surface area (TPSA) is 52.7 Å². The molecule has 1 unspecified atom stereocenters. The molecule has 1 atom stereocenters. The molecule has 108 valence electrons. The maximum absolute atomic E-state index is 12.2. The molecule has 0 saturated carbocycles. The van der Waals surface area contributed by atoms with Crippen LogP contribution in [-0.4, -0.2) is 61.9 Å². The molecule has 1 N–H and O–H groups in total. The minimum Gasteiger partial charge on any atom is -0.349 e. The second-order valence-corrected chi connectivity index (χ2v) is 5.95. The normalized spacial score (nSPS) is 24.5. The predicted molar refractivity (Wildman–Crippen MR) is 73.6 cm³/mol. The molecule has 2 aliphatic rings. The van der Waals surface area contributed by atoms with Gasteiger partial charge in [-0.15, -0.1) is 0 Å². The number of nitrogens with one attached hydrogen (secondary N) is 1. The highest BCUT2D eigenvalue weighted by atomic mass is 16.2. The zero-order chi connectivity index (χ0) is 13.8. The van der Waals surface area contributed by atoms with E-state index in [9.17, 15) is 9.59 Å². The highest BCUT2D eigenvalue weighted by Gasteiger charge is 2.29. The van der Waals surface area contributed by atoms with Crippen LogP contribution in [0.3, 0.4) is 0 Å². The van der Waals surface area contributed by atoms with Gasteiger partial charge in [0.25, 0.3) is 0 Å². The zero-order valence-corrected chi connectivity index (χ0v) is 12.0. The number of piperidine rings is 1.